The predicted molar refractivity (Wildman–Crippen MR) is 63.0 cm³/mol. The van der Waals surface area contributed by atoms with E-state index in [1.54, 1.807) is 24.3 Å². The Kier molecular flexibility index (Phi) is 2.94. The van der Waals surface area contributed by atoms with Crippen LogP contribution in [0.5, 0.6) is 5.75 Å². The van der Waals surface area contributed by atoms with Crippen molar-refractivity contribution in [3.63, 3.8) is 0 Å². The highest BCUT2D eigenvalue weighted by molar-refractivity contribution is 5.92. The third-order valence-electron chi connectivity index (χ3n) is 2.43. The van der Waals surface area contributed by atoms with Crippen molar-refractivity contribution in [1.82, 2.24) is 4.98 Å². The largest absolute Gasteiger partial charge is 0.507 e. The first-order chi connectivity index (χ1) is 8.63. The Balaban J connectivity index is 2.62. The standard InChI is InChI=1S/C13H8N2O3/c14-6-8-7-15-11(5-10(8)13(17)18)9-3-1-2-4-12(9)16/h1-5,7,16H,(H,17,18). The summed E-state index contributed by atoms with van der Waals surface area (Å²) in [4.78, 5) is 15.0. The number of pyridine rings is 1. The summed E-state index contributed by atoms with van der Waals surface area (Å²) in [5.41, 5.74) is 0.585. The van der Waals surface area contributed by atoms with E-state index in [4.69, 9.17) is 10.4 Å². The van der Waals surface area contributed by atoms with Gasteiger partial charge in [-0.15, -0.1) is 0 Å². The first-order valence-electron chi connectivity index (χ1n) is 5.05. The molecule has 2 aromatic rings. The van der Waals surface area contributed by atoms with E-state index >= 15 is 0 Å². The first kappa shape index (κ1) is 11.6. The van der Waals surface area contributed by atoms with Crippen molar-refractivity contribution in [3.05, 3.63) is 47.7 Å². The summed E-state index contributed by atoms with van der Waals surface area (Å²) in [6.07, 6.45) is 1.19. The molecule has 2 rings (SSSR count). The maximum absolute atomic E-state index is 11.0. The number of nitrogens with zero attached hydrogens (tertiary/aromatic N) is 2. The molecule has 0 saturated carbocycles. The number of carboxylic acids is 1. The molecule has 0 spiro atoms. The molecule has 0 saturated heterocycles. The van der Waals surface area contributed by atoms with Gasteiger partial charge in [0.25, 0.3) is 0 Å². The number of aromatic carboxylic acids is 1. The number of carboxylic acid groups (broad SMARTS) is 1. The second-order valence-electron chi connectivity index (χ2n) is 3.55. The molecular weight excluding hydrogens is 232 g/mol. The number of aromatic hydroxyl groups is 1. The monoisotopic (exact) mass is 240 g/mol. The summed E-state index contributed by atoms with van der Waals surface area (Å²) < 4.78 is 0. The number of aromatic nitrogens is 1. The lowest BCUT2D eigenvalue weighted by Crippen LogP contribution is -2.02. The summed E-state index contributed by atoms with van der Waals surface area (Å²) in [6.45, 7) is 0. The summed E-state index contributed by atoms with van der Waals surface area (Å²) in [6, 6.07) is 9.50. The lowest BCUT2D eigenvalue weighted by atomic mass is 10.1. The van der Waals surface area contributed by atoms with E-state index in [2.05, 4.69) is 4.98 Å². The van der Waals surface area contributed by atoms with Gasteiger partial charge >= 0.3 is 5.97 Å². The molecule has 0 aliphatic heterocycles. The average Bonchev–Trinajstić information content (AvgIpc) is 2.38. The van der Waals surface area contributed by atoms with Gasteiger partial charge in [0.1, 0.15) is 11.8 Å². The van der Waals surface area contributed by atoms with Crippen molar-refractivity contribution in [1.29, 1.82) is 5.26 Å². The Morgan fingerprint density at radius 3 is 2.67 bits per heavy atom. The molecular formula is C13H8N2O3. The number of phenols is 1. The maximum atomic E-state index is 11.0. The molecule has 1 heterocycles. The van der Waals surface area contributed by atoms with E-state index in [0.717, 1.165) is 0 Å². The molecule has 0 aliphatic carbocycles. The van der Waals surface area contributed by atoms with E-state index in [-0.39, 0.29) is 16.9 Å². The molecule has 0 atom stereocenters. The summed E-state index contributed by atoms with van der Waals surface area (Å²) >= 11 is 0. The summed E-state index contributed by atoms with van der Waals surface area (Å²) in [5, 5.41) is 27.4. The fraction of sp³-hybridized carbons (Fsp3) is 0. The van der Waals surface area contributed by atoms with Crippen molar-refractivity contribution < 1.29 is 15.0 Å². The normalized spacial score (nSPS) is 9.72. The lowest BCUT2D eigenvalue weighted by molar-refractivity contribution is 0.0696. The highest BCUT2D eigenvalue weighted by atomic mass is 16.4. The molecule has 18 heavy (non-hydrogen) atoms. The number of carbonyl (C=O) groups is 1. The number of para-hydroxylation sites is 1. The molecule has 0 fully saturated rings. The van der Waals surface area contributed by atoms with Gasteiger partial charge in [0.2, 0.25) is 0 Å². The topological polar surface area (TPSA) is 94.2 Å². The number of rotatable bonds is 2. The molecule has 0 radical (unpaired) electrons. The molecule has 1 aromatic carbocycles. The van der Waals surface area contributed by atoms with Gasteiger partial charge in [-0.25, -0.2) is 4.79 Å². The van der Waals surface area contributed by atoms with Crippen LogP contribution in [0.15, 0.2) is 36.5 Å². The molecule has 0 amide bonds. The quantitative estimate of drug-likeness (QED) is 0.837. The van der Waals surface area contributed by atoms with Gasteiger partial charge < -0.3 is 10.2 Å². The number of nitriles is 1. The third-order valence-corrected chi connectivity index (χ3v) is 2.43. The van der Waals surface area contributed by atoms with Crippen LogP contribution in [0.1, 0.15) is 15.9 Å². The van der Waals surface area contributed by atoms with Crippen LogP contribution in [0.3, 0.4) is 0 Å². The zero-order chi connectivity index (χ0) is 13.1. The molecule has 0 unspecified atom stereocenters. The van der Waals surface area contributed by atoms with Gasteiger partial charge in [-0.2, -0.15) is 5.26 Å². The predicted octanol–water partition coefficient (Wildman–Crippen LogP) is 2.02. The van der Waals surface area contributed by atoms with Crippen molar-refractivity contribution in [2.75, 3.05) is 0 Å². The van der Waals surface area contributed by atoms with Gasteiger partial charge in [-0.3, -0.25) is 4.98 Å². The van der Waals surface area contributed by atoms with Gasteiger partial charge in [-0.05, 0) is 18.2 Å². The molecule has 88 valence electrons. The minimum Gasteiger partial charge on any atom is -0.507 e. The Hall–Kier alpha value is -2.87. The van der Waals surface area contributed by atoms with E-state index in [1.165, 1.54) is 18.3 Å². The zero-order valence-electron chi connectivity index (χ0n) is 9.16. The number of hydrogen-bond acceptors (Lipinski definition) is 4. The second-order valence-corrected chi connectivity index (χ2v) is 3.55. The fourth-order valence-corrected chi connectivity index (χ4v) is 1.56. The van der Waals surface area contributed by atoms with E-state index < -0.39 is 5.97 Å². The van der Waals surface area contributed by atoms with Crippen molar-refractivity contribution in [2.24, 2.45) is 0 Å². The van der Waals surface area contributed by atoms with E-state index in [0.29, 0.717) is 11.3 Å². The highest BCUT2D eigenvalue weighted by Gasteiger charge is 2.13. The van der Waals surface area contributed by atoms with Crippen LogP contribution >= 0.6 is 0 Å². The second kappa shape index (κ2) is 4.55. The lowest BCUT2D eigenvalue weighted by Gasteiger charge is -2.05. The number of benzene rings is 1. The molecule has 2 N–H and O–H groups in total. The van der Waals surface area contributed by atoms with Crippen molar-refractivity contribution in [2.45, 2.75) is 0 Å². The van der Waals surface area contributed by atoms with E-state index in [1.807, 2.05) is 0 Å². The smallest absolute Gasteiger partial charge is 0.337 e. The van der Waals surface area contributed by atoms with Crippen LogP contribution < -0.4 is 0 Å². The first-order valence-corrected chi connectivity index (χ1v) is 5.05. The van der Waals surface area contributed by atoms with Gasteiger partial charge in [0.05, 0.1) is 16.8 Å². The van der Waals surface area contributed by atoms with E-state index in [9.17, 15) is 9.90 Å². The molecule has 1 aromatic heterocycles. The Labute approximate surface area is 103 Å². The molecule has 5 heteroatoms. The van der Waals surface area contributed by atoms with Crippen LogP contribution in [0.25, 0.3) is 11.3 Å². The number of phenolic OH excluding ortho intramolecular Hbond substituents is 1. The maximum Gasteiger partial charge on any atom is 0.337 e. The van der Waals surface area contributed by atoms with Gasteiger partial charge in [0.15, 0.2) is 0 Å². The van der Waals surface area contributed by atoms with Crippen LogP contribution in [0.2, 0.25) is 0 Å². The van der Waals surface area contributed by atoms with Gasteiger partial charge in [0, 0.05) is 11.8 Å². The Morgan fingerprint density at radius 2 is 2.06 bits per heavy atom. The molecule has 0 bridgehead atoms. The molecule has 0 aliphatic rings. The SMILES string of the molecule is N#Cc1cnc(-c2ccccc2O)cc1C(=O)O. The van der Waals surface area contributed by atoms with Crippen molar-refractivity contribution >= 4 is 5.97 Å². The Morgan fingerprint density at radius 1 is 1.33 bits per heavy atom. The fourth-order valence-electron chi connectivity index (χ4n) is 1.56. The Bertz CT molecular complexity index is 660. The van der Waals surface area contributed by atoms with Crippen LogP contribution in [0.4, 0.5) is 0 Å². The minimum absolute atomic E-state index is 0.00560. The van der Waals surface area contributed by atoms with Crippen LogP contribution in [-0.4, -0.2) is 21.2 Å². The zero-order valence-corrected chi connectivity index (χ0v) is 9.16. The summed E-state index contributed by atoms with van der Waals surface area (Å²) in [7, 11) is 0. The minimum atomic E-state index is -1.20. The van der Waals surface area contributed by atoms with Crippen LogP contribution in [0, 0.1) is 11.3 Å². The van der Waals surface area contributed by atoms with Crippen LogP contribution in [-0.2, 0) is 0 Å². The third kappa shape index (κ3) is 1.99. The summed E-state index contributed by atoms with van der Waals surface area (Å²) in [5.74, 6) is -1.20. The average molecular weight is 240 g/mol. The van der Waals surface area contributed by atoms with Gasteiger partial charge in [-0.1, -0.05) is 12.1 Å². The van der Waals surface area contributed by atoms with Crippen molar-refractivity contribution in [3.8, 4) is 23.1 Å². The number of hydrogen-bond donors (Lipinski definition) is 2. The molecule has 5 nitrogen and oxygen atoms in total. The highest BCUT2D eigenvalue weighted by Crippen LogP contribution is 2.28.